The van der Waals surface area contributed by atoms with E-state index in [-0.39, 0.29) is 43.4 Å². The normalized spacial score (nSPS) is 11.2. The quantitative estimate of drug-likeness (QED) is 0.493. The van der Waals surface area contributed by atoms with Gasteiger partial charge in [0.25, 0.3) is 0 Å². The Balaban J connectivity index is 1.52. The minimum absolute atomic E-state index is 0.0267. The Morgan fingerprint density at radius 1 is 1.22 bits per heavy atom. The molecule has 0 saturated heterocycles. The van der Waals surface area contributed by atoms with Gasteiger partial charge in [0.2, 0.25) is 27.6 Å². The molecule has 3 rings (SSSR count). The van der Waals surface area contributed by atoms with Crippen LogP contribution in [0.1, 0.15) is 18.7 Å². The maximum absolute atomic E-state index is 14.0. The van der Waals surface area contributed by atoms with Gasteiger partial charge in [-0.15, -0.1) is 0 Å². The zero-order chi connectivity index (χ0) is 23.1. The van der Waals surface area contributed by atoms with Gasteiger partial charge in [-0.1, -0.05) is 29.4 Å². The highest BCUT2D eigenvalue weighted by atomic mass is 32.2. The van der Waals surface area contributed by atoms with Crippen molar-refractivity contribution in [2.75, 3.05) is 24.2 Å². The van der Waals surface area contributed by atoms with Crippen LogP contribution in [-0.4, -0.2) is 44.4 Å². The molecule has 0 radical (unpaired) electrons. The zero-order valence-corrected chi connectivity index (χ0v) is 18.4. The van der Waals surface area contributed by atoms with Crippen molar-refractivity contribution in [3.8, 4) is 17.1 Å². The summed E-state index contributed by atoms with van der Waals surface area (Å²) >= 11 is 0. The topological polar surface area (TPSA) is 115 Å². The van der Waals surface area contributed by atoms with Crippen molar-refractivity contribution in [3.05, 3.63) is 60.2 Å². The number of anilines is 1. The molecule has 170 valence electrons. The lowest BCUT2D eigenvalue weighted by atomic mass is 10.2. The van der Waals surface area contributed by atoms with Gasteiger partial charge in [0.1, 0.15) is 11.6 Å². The predicted octanol–water partition coefficient (Wildman–Crippen LogP) is 2.75. The molecule has 0 fully saturated rings. The summed E-state index contributed by atoms with van der Waals surface area (Å²) in [5.41, 5.74) is 0.658. The van der Waals surface area contributed by atoms with E-state index >= 15 is 0 Å². The maximum atomic E-state index is 14.0. The van der Waals surface area contributed by atoms with E-state index in [9.17, 15) is 17.6 Å². The number of halogens is 1. The number of para-hydroxylation sites is 1. The van der Waals surface area contributed by atoms with Gasteiger partial charge in [-0.05, 0) is 30.7 Å². The summed E-state index contributed by atoms with van der Waals surface area (Å²) in [7, 11) is -2.15. The predicted molar refractivity (Wildman–Crippen MR) is 116 cm³/mol. The first-order chi connectivity index (χ1) is 15.3. The minimum Gasteiger partial charge on any atom is -0.497 e. The lowest BCUT2D eigenvalue weighted by Crippen LogP contribution is -2.32. The summed E-state index contributed by atoms with van der Waals surface area (Å²) < 4.78 is 49.4. The molecular weight excluding hydrogens is 439 g/mol. The van der Waals surface area contributed by atoms with Crippen LogP contribution in [0.3, 0.4) is 0 Å². The van der Waals surface area contributed by atoms with Crippen LogP contribution in [0.15, 0.2) is 53.1 Å². The summed E-state index contributed by atoms with van der Waals surface area (Å²) in [5, 5.41) is 6.54. The molecule has 1 heterocycles. The average molecular weight is 463 g/mol. The molecule has 0 aliphatic carbocycles. The van der Waals surface area contributed by atoms with E-state index in [1.165, 1.54) is 18.2 Å². The maximum Gasteiger partial charge on any atom is 0.246 e. The fourth-order valence-electron chi connectivity index (χ4n) is 2.97. The number of ether oxygens (including phenoxy) is 1. The number of rotatable bonds is 10. The van der Waals surface area contributed by atoms with Gasteiger partial charge in [-0.2, -0.15) is 4.98 Å². The Hall–Kier alpha value is -3.47. The van der Waals surface area contributed by atoms with E-state index < -0.39 is 15.8 Å². The van der Waals surface area contributed by atoms with E-state index in [2.05, 4.69) is 15.5 Å². The van der Waals surface area contributed by atoms with Gasteiger partial charge < -0.3 is 14.6 Å². The summed E-state index contributed by atoms with van der Waals surface area (Å²) in [6.07, 6.45) is 1.23. The smallest absolute Gasteiger partial charge is 0.246 e. The number of hydrogen-bond donors (Lipinski definition) is 1. The van der Waals surface area contributed by atoms with Crippen molar-refractivity contribution >= 4 is 21.6 Å². The monoisotopic (exact) mass is 462 g/mol. The van der Waals surface area contributed by atoms with Crippen molar-refractivity contribution in [1.82, 2.24) is 15.5 Å². The lowest BCUT2D eigenvalue weighted by Gasteiger charge is -2.22. The van der Waals surface area contributed by atoms with Gasteiger partial charge in [0, 0.05) is 18.5 Å². The molecule has 0 aliphatic heterocycles. The third-order valence-corrected chi connectivity index (χ3v) is 5.70. The molecule has 1 amide bonds. The summed E-state index contributed by atoms with van der Waals surface area (Å²) in [5.74, 6) is 0.265. The average Bonchev–Trinajstić information content (AvgIpc) is 3.24. The molecule has 1 N–H and O–H groups in total. The van der Waals surface area contributed by atoms with Crippen molar-refractivity contribution < 1.29 is 26.9 Å². The Labute approximate surface area is 185 Å². The number of carbonyl (C=O) groups is 1. The molecular formula is C21H23FN4O5S. The number of hydrogen-bond acceptors (Lipinski definition) is 7. The van der Waals surface area contributed by atoms with Crippen LogP contribution in [0, 0.1) is 5.82 Å². The number of benzene rings is 2. The molecule has 0 saturated carbocycles. The molecule has 0 unspecified atom stereocenters. The largest absolute Gasteiger partial charge is 0.497 e. The first kappa shape index (κ1) is 23.2. The standard InChI is InChI=1S/C21H23FN4O5S/c1-30-16-8-5-7-15(13-16)21-24-20(31-25-21)14-23-19(27)11-6-12-26(32(2,28)29)18-10-4-3-9-17(18)22/h3-5,7-10,13H,6,11-12,14H2,1-2H3,(H,23,27). The first-order valence-electron chi connectivity index (χ1n) is 9.74. The number of sulfonamides is 1. The zero-order valence-electron chi connectivity index (χ0n) is 17.6. The van der Waals surface area contributed by atoms with E-state index in [4.69, 9.17) is 9.26 Å². The number of nitrogens with one attached hydrogen (secondary N) is 1. The summed E-state index contributed by atoms with van der Waals surface area (Å²) in [6.45, 7) is -0.00730. The highest BCUT2D eigenvalue weighted by molar-refractivity contribution is 7.92. The highest BCUT2D eigenvalue weighted by Crippen LogP contribution is 2.22. The van der Waals surface area contributed by atoms with Crippen LogP contribution in [0.5, 0.6) is 5.75 Å². The fraction of sp³-hybridized carbons (Fsp3) is 0.286. The van der Waals surface area contributed by atoms with E-state index in [1.807, 2.05) is 0 Å². The first-order valence-corrected chi connectivity index (χ1v) is 11.6. The van der Waals surface area contributed by atoms with E-state index in [0.29, 0.717) is 17.1 Å². The van der Waals surface area contributed by atoms with Crippen LogP contribution in [0.2, 0.25) is 0 Å². The minimum atomic E-state index is -3.70. The van der Waals surface area contributed by atoms with Crippen LogP contribution >= 0.6 is 0 Å². The molecule has 11 heteroatoms. The molecule has 0 aliphatic rings. The molecule has 9 nitrogen and oxygen atoms in total. The second kappa shape index (κ2) is 10.2. The van der Waals surface area contributed by atoms with Crippen LogP contribution in [0.4, 0.5) is 10.1 Å². The van der Waals surface area contributed by atoms with E-state index in [1.54, 1.807) is 37.4 Å². The van der Waals surface area contributed by atoms with Crippen molar-refractivity contribution in [1.29, 1.82) is 0 Å². The van der Waals surface area contributed by atoms with Gasteiger partial charge in [-0.25, -0.2) is 12.8 Å². The molecule has 2 aromatic carbocycles. The van der Waals surface area contributed by atoms with Gasteiger partial charge in [-0.3, -0.25) is 9.10 Å². The third kappa shape index (κ3) is 6.03. The Kier molecular flexibility index (Phi) is 7.41. The summed E-state index contributed by atoms with van der Waals surface area (Å²) in [4.78, 5) is 16.4. The van der Waals surface area contributed by atoms with Gasteiger partial charge in [0.15, 0.2) is 0 Å². The number of nitrogens with zero attached hydrogens (tertiary/aromatic N) is 3. The van der Waals surface area contributed by atoms with Crippen LogP contribution < -0.4 is 14.4 Å². The number of carbonyl (C=O) groups excluding carboxylic acids is 1. The second-order valence-electron chi connectivity index (χ2n) is 6.91. The second-order valence-corrected chi connectivity index (χ2v) is 8.82. The Morgan fingerprint density at radius 3 is 2.72 bits per heavy atom. The number of methoxy groups -OCH3 is 1. The number of amides is 1. The molecule has 0 bridgehead atoms. The van der Waals surface area contributed by atoms with Gasteiger partial charge in [0.05, 0.1) is 25.6 Å². The van der Waals surface area contributed by atoms with Crippen molar-refractivity contribution in [3.63, 3.8) is 0 Å². The third-order valence-electron chi connectivity index (χ3n) is 4.52. The van der Waals surface area contributed by atoms with Gasteiger partial charge >= 0.3 is 0 Å². The van der Waals surface area contributed by atoms with Crippen molar-refractivity contribution in [2.45, 2.75) is 19.4 Å². The van der Waals surface area contributed by atoms with E-state index in [0.717, 1.165) is 10.6 Å². The molecule has 0 spiro atoms. The molecule has 32 heavy (non-hydrogen) atoms. The molecule has 0 atom stereocenters. The SMILES string of the molecule is COc1cccc(-c2noc(CNC(=O)CCCN(c3ccccc3F)S(C)(=O)=O)n2)c1. The Morgan fingerprint density at radius 2 is 2.00 bits per heavy atom. The number of aromatic nitrogens is 2. The van der Waals surface area contributed by atoms with Crippen LogP contribution in [-0.2, 0) is 21.4 Å². The Bertz CT molecular complexity index is 1180. The molecule has 1 aromatic heterocycles. The molecule has 3 aromatic rings. The van der Waals surface area contributed by atoms with Crippen LogP contribution in [0.25, 0.3) is 11.4 Å². The highest BCUT2D eigenvalue weighted by Gasteiger charge is 2.20. The fourth-order valence-corrected chi connectivity index (χ4v) is 3.94. The summed E-state index contributed by atoms with van der Waals surface area (Å²) in [6, 6.07) is 12.7. The lowest BCUT2D eigenvalue weighted by molar-refractivity contribution is -0.121. The van der Waals surface area contributed by atoms with Crippen molar-refractivity contribution in [2.24, 2.45) is 0 Å².